The van der Waals surface area contributed by atoms with Gasteiger partial charge in [0.15, 0.2) is 5.78 Å². The molecular formula is C15H12F3NO. The predicted octanol–water partition coefficient (Wildman–Crippen LogP) is 4.00. The van der Waals surface area contributed by atoms with Crippen LogP contribution >= 0.6 is 0 Å². The molecule has 0 aromatic heterocycles. The molecule has 0 bridgehead atoms. The molecule has 5 heteroatoms. The molecule has 0 atom stereocenters. The van der Waals surface area contributed by atoms with Gasteiger partial charge in [0.25, 0.3) is 0 Å². The summed E-state index contributed by atoms with van der Waals surface area (Å²) in [4.78, 5) is 11.4. The second-order valence-corrected chi connectivity index (χ2v) is 4.27. The SMILES string of the molecule is CC(=O)C1=CC=C/C1=C(/Nc1ccccc1)C(F)(F)F. The van der Waals surface area contributed by atoms with Gasteiger partial charge in [0.1, 0.15) is 5.70 Å². The summed E-state index contributed by atoms with van der Waals surface area (Å²) in [5.41, 5.74) is -0.691. The average Bonchev–Trinajstić information content (AvgIpc) is 2.84. The van der Waals surface area contributed by atoms with Crippen molar-refractivity contribution in [3.05, 3.63) is 65.4 Å². The number of nitrogens with one attached hydrogen (secondary N) is 1. The maximum atomic E-state index is 13.2. The van der Waals surface area contributed by atoms with Crippen LogP contribution in [0.1, 0.15) is 6.92 Å². The first kappa shape index (κ1) is 14.1. The van der Waals surface area contributed by atoms with Gasteiger partial charge in [-0.1, -0.05) is 36.4 Å². The number of carbonyl (C=O) groups is 1. The number of para-hydroxylation sites is 1. The van der Waals surface area contributed by atoms with Gasteiger partial charge in [-0.3, -0.25) is 4.79 Å². The number of carbonyl (C=O) groups excluding carboxylic acids is 1. The molecule has 0 fully saturated rings. The van der Waals surface area contributed by atoms with Crippen LogP contribution in [0.15, 0.2) is 65.4 Å². The van der Waals surface area contributed by atoms with Crippen LogP contribution < -0.4 is 5.32 Å². The molecule has 0 amide bonds. The van der Waals surface area contributed by atoms with E-state index in [2.05, 4.69) is 5.32 Å². The summed E-state index contributed by atoms with van der Waals surface area (Å²) in [7, 11) is 0. The minimum absolute atomic E-state index is 0.0563. The molecule has 0 radical (unpaired) electrons. The van der Waals surface area contributed by atoms with Crippen LogP contribution in [0.25, 0.3) is 0 Å². The number of alkyl halides is 3. The van der Waals surface area contributed by atoms with E-state index < -0.39 is 17.7 Å². The van der Waals surface area contributed by atoms with Crippen molar-refractivity contribution >= 4 is 11.5 Å². The minimum atomic E-state index is -4.58. The molecule has 1 aromatic carbocycles. The molecule has 1 aliphatic carbocycles. The van der Waals surface area contributed by atoms with Crippen molar-refractivity contribution < 1.29 is 18.0 Å². The number of rotatable bonds is 3. The molecule has 2 nitrogen and oxygen atoms in total. The molecule has 1 aromatic rings. The quantitative estimate of drug-likeness (QED) is 0.906. The number of allylic oxidation sites excluding steroid dienone is 6. The second kappa shape index (κ2) is 5.36. The Morgan fingerprint density at radius 1 is 1.15 bits per heavy atom. The van der Waals surface area contributed by atoms with Crippen molar-refractivity contribution in [2.24, 2.45) is 0 Å². The first-order valence-corrected chi connectivity index (χ1v) is 5.93. The van der Waals surface area contributed by atoms with Crippen molar-refractivity contribution in [3.63, 3.8) is 0 Å². The van der Waals surface area contributed by atoms with Crippen LogP contribution in [0, 0.1) is 0 Å². The Bertz CT molecular complexity index is 610. The van der Waals surface area contributed by atoms with Crippen LogP contribution in [-0.4, -0.2) is 12.0 Å². The molecule has 0 saturated carbocycles. The Labute approximate surface area is 114 Å². The lowest BCUT2D eigenvalue weighted by atomic mass is 10.0. The Morgan fingerprint density at radius 2 is 1.80 bits per heavy atom. The fourth-order valence-corrected chi connectivity index (χ4v) is 1.90. The summed E-state index contributed by atoms with van der Waals surface area (Å²) in [5, 5.41) is 2.36. The number of hydrogen-bond donors (Lipinski definition) is 1. The maximum Gasteiger partial charge on any atom is 0.431 e. The lowest BCUT2D eigenvalue weighted by Gasteiger charge is -2.17. The summed E-state index contributed by atoms with van der Waals surface area (Å²) in [6.07, 6.45) is -0.468. The first-order chi connectivity index (χ1) is 9.39. The van der Waals surface area contributed by atoms with Gasteiger partial charge in [0.2, 0.25) is 0 Å². The van der Waals surface area contributed by atoms with E-state index in [4.69, 9.17) is 0 Å². The Morgan fingerprint density at radius 3 is 2.35 bits per heavy atom. The van der Waals surface area contributed by atoms with E-state index in [1.165, 1.54) is 37.3 Å². The second-order valence-electron chi connectivity index (χ2n) is 4.27. The Hall–Kier alpha value is -2.30. The molecule has 0 saturated heterocycles. The summed E-state index contributed by atoms with van der Waals surface area (Å²) in [6.45, 7) is 1.25. The van der Waals surface area contributed by atoms with Crippen molar-refractivity contribution in [1.29, 1.82) is 0 Å². The molecule has 0 aliphatic heterocycles. The van der Waals surface area contributed by atoms with E-state index >= 15 is 0 Å². The van der Waals surface area contributed by atoms with E-state index in [0.29, 0.717) is 5.69 Å². The van der Waals surface area contributed by atoms with Gasteiger partial charge in [0, 0.05) is 16.8 Å². The van der Waals surface area contributed by atoms with Crippen molar-refractivity contribution in [3.8, 4) is 0 Å². The van der Waals surface area contributed by atoms with Crippen LogP contribution in [0.2, 0.25) is 0 Å². The van der Waals surface area contributed by atoms with Crippen LogP contribution in [0.3, 0.4) is 0 Å². The lowest BCUT2D eigenvalue weighted by molar-refractivity contribution is -0.113. The van der Waals surface area contributed by atoms with Crippen molar-refractivity contribution in [2.45, 2.75) is 13.1 Å². The highest BCUT2D eigenvalue weighted by Crippen LogP contribution is 2.34. The van der Waals surface area contributed by atoms with E-state index in [-0.39, 0.29) is 11.1 Å². The molecule has 104 valence electrons. The van der Waals surface area contributed by atoms with Crippen LogP contribution in [-0.2, 0) is 4.79 Å². The third-order valence-corrected chi connectivity index (χ3v) is 2.79. The highest BCUT2D eigenvalue weighted by molar-refractivity contribution is 6.00. The van der Waals surface area contributed by atoms with E-state index in [0.717, 1.165) is 0 Å². The first-order valence-electron chi connectivity index (χ1n) is 5.93. The number of Topliss-reactive ketones (excluding diaryl/α,β-unsaturated/α-hetero) is 1. The third kappa shape index (κ3) is 2.99. The normalized spacial score (nSPS) is 16.9. The monoisotopic (exact) mass is 279 g/mol. The zero-order valence-electron chi connectivity index (χ0n) is 10.7. The fraction of sp³-hybridized carbons (Fsp3) is 0.133. The Kier molecular flexibility index (Phi) is 3.79. The highest BCUT2D eigenvalue weighted by atomic mass is 19.4. The number of halogens is 3. The Balaban J connectivity index is 2.47. The highest BCUT2D eigenvalue weighted by Gasteiger charge is 2.38. The van der Waals surface area contributed by atoms with Crippen molar-refractivity contribution in [1.82, 2.24) is 0 Å². The lowest BCUT2D eigenvalue weighted by Crippen LogP contribution is -2.22. The van der Waals surface area contributed by atoms with Gasteiger partial charge in [0.05, 0.1) is 0 Å². The van der Waals surface area contributed by atoms with E-state index in [1.807, 2.05) is 0 Å². The number of ketones is 1. The third-order valence-electron chi connectivity index (χ3n) is 2.79. The van der Waals surface area contributed by atoms with Gasteiger partial charge in [-0.25, -0.2) is 0 Å². The molecule has 0 heterocycles. The molecule has 0 spiro atoms. The molecule has 0 unspecified atom stereocenters. The molecular weight excluding hydrogens is 267 g/mol. The van der Waals surface area contributed by atoms with Gasteiger partial charge in [-0.05, 0) is 19.1 Å². The maximum absolute atomic E-state index is 13.2. The minimum Gasteiger partial charge on any atom is -0.351 e. The zero-order valence-corrected chi connectivity index (χ0v) is 10.7. The molecule has 1 N–H and O–H groups in total. The molecule has 2 rings (SSSR count). The number of benzene rings is 1. The molecule has 1 aliphatic rings. The summed E-state index contributed by atoms with van der Waals surface area (Å²) < 4.78 is 39.6. The largest absolute Gasteiger partial charge is 0.431 e. The number of hydrogen-bond acceptors (Lipinski definition) is 2. The van der Waals surface area contributed by atoms with Crippen molar-refractivity contribution in [2.75, 3.05) is 5.32 Å². The van der Waals surface area contributed by atoms with E-state index in [1.54, 1.807) is 18.2 Å². The summed E-state index contributed by atoms with van der Waals surface area (Å²) in [6, 6.07) is 8.03. The summed E-state index contributed by atoms with van der Waals surface area (Å²) >= 11 is 0. The van der Waals surface area contributed by atoms with Gasteiger partial charge in [-0.2, -0.15) is 13.2 Å². The summed E-state index contributed by atoms with van der Waals surface area (Å²) in [5.74, 6) is -0.401. The topological polar surface area (TPSA) is 29.1 Å². The van der Waals surface area contributed by atoms with Gasteiger partial charge in [-0.15, -0.1) is 0 Å². The fourth-order valence-electron chi connectivity index (χ4n) is 1.90. The predicted molar refractivity (Wildman–Crippen MR) is 71.0 cm³/mol. The van der Waals surface area contributed by atoms with Gasteiger partial charge >= 0.3 is 6.18 Å². The van der Waals surface area contributed by atoms with Crippen LogP contribution in [0.5, 0.6) is 0 Å². The van der Waals surface area contributed by atoms with Crippen LogP contribution in [0.4, 0.5) is 18.9 Å². The average molecular weight is 279 g/mol. The zero-order chi connectivity index (χ0) is 14.8. The van der Waals surface area contributed by atoms with Gasteiger partial charge < -0.3 is 5.32 Å². The van der Waals surface area contributed by atoms with E-state index in [9.17, 15) is 18.0 Å². The number of anilines is 1. The smallest absolute Gasteiger partial charge is 0.351 e. The molecule has 20 heavy (non-hydrogen) atoms. The standard InChI is InChI=1S/C15H12F3NO/c1-10(20)12-8-5-9-13(12)14(15(16,17)18)19-11-6-3-2-4-7-11/h2-9,19H,1H3/b14-13-.